The highest BCUT2D eigenvalue weighted by atomic mass is 32.1. The Balaban J connectivity index is 2.00. The first-order chi connectivity index (χ1) is 9.95. The third-order valence-electron chi connectivity index (χ3n) is 3.46. The number of benzene rings is 2. The maximum absolute atomic E-state index is 13.1. The second-order valence-corrected chi connectivity index (χ2v) is 5.58. The van der Waals surface area contributed by atoms with Gasteiger partial charge >= 0.3 is 0 Å². The Bertz CT molecular complexity index is 655. The van der Waals surface area contributed by atoms with Crippen LogP contribution in [0.15, 0.2) is 42.5 Å². The molecule has 0 bridgehead atoms. The summed E-state index contributed by atoms with van der Waals surface area (Å²) in [6.45, 7) is 6.23. The summed E-state index contributed by atoms with van der Waals surface area (Å²) < 4.78 is 13.1. The monoisotopic (exact) mass is 302 g/mol. The van der Waals surface area contributed by atoms with Crippen LogP contribution in [-0.2, 0) is 0 Å². The van der Waals surface area contributed by atoms with Crippen LogP contribution in [0.25, 0.3) is 0 Å². The number of hydrogen-bond donors (Lipinski definition) is 2. The smallest absolute Gasteiger partial charge is 0.171 e. The zero-order valence-electron chi connectivity index (χ0n) is 12.4. The highest BCUT2D eigenvalue weighted by Gasteiger charge is 2.08. The molecular formula is C17H19FN2S. The van der Waals surface area contributed by atoms with Crippen LogP contribution in [0.2, 0.25) is 0 Å². The van der Waals surface area contributed by atoms with Crippen molar-refractivity contribution in [2.24, 2.45) is 0 Å². The van der Waals surface area contributed by atoms with E-state index in [9.17, 15) is 4.39 Å². The summed E-state index contributed by atoms with van der Waals surface area (Å²) in [5, 5.41) is 6.68. The van der Waals surface area contributed by atoms with Crippen LogP contribution in [0.1, 0.15) is 29.7 Å². The van der Waals surface area contributed by atoms with Crippen molar-refractivity contribution in [3.8, 4) is 0 Å². The summed E-state index contributed by atoms with van der Waals surface area (Å²) in [5.74, 6) is -0.287. The molecule has 4 heteroatoms. The van der Waals surface area contributed by atoms with E-state index in [1.165, 1.54) is 28.8 Å². The molecule has 0 unspecified atom stereocenters. The minimum atomic E-state index is -0.287. The fourth-order valence-corrected chi connectivity index (χ4v) is 2.34. The fourth-order valence-electron chi connectivity index (χ4n) is 2.05. The van der Waals surface area contributed by atoms with Crippen molar-refractivity contribution in [3.63, 3.8) is 0 Å². The van der Waals surface area contributed by atoms with E-state index in [0.29, 0.717) is 10.8 Å². The van der Waals surface area contributed by atoms with E-state index in [-0.39, 0.29) is 11.9 Å². The van der Waals surface area contributed by atoms with E-state index in [1.54, 1.807) is 12.1 Å². The first-order valence-corrected chi connectivity index (χ1v) is 7.27. The van der Waals surface area contributed by atoms with Gasteiger partial charge in [-0.1, -0.05) is 24.3 Å². The lowest BCUT2D eigenvalue weighted by Gasteiger charge is -2.18. The van der Waals surface area contributed by atoms with Gasteiger partial charge in [0.2, 0.25) is 0 Å². The molecule has 0 radical (unpaired) electrons. The zero-order chi connectivity index (χ0) is 15.4. The number of anilines is 1. The molecule has 0 fully saturated rings. The Morgan fingerprint density at radius 2 is 1.86 bits per heavy atom. The number of halogens is 1. The third-order valence-corrected chi connectivity index (χ3v) is 3.68. The molecule has 2 aromatic rings. The Hall–Kier alpha value is -1.94. The quantitative estimate of drug-likeness (QED) is 0.817. The molecule has 0 aliphatic carbocycles. The van der Waals surface area contributed by atoms with Crippen LogP contribution in [0.5, 0.6) is 0 Å². The van der Waals surface area contributed by atoms with Gasteiger partial charge in [0.05, 0.1) is 6.04 Å². The second kappa shape index (κ2) is 6.68. The van der Waals surface area contributed by atoms with Gasteiger partial charge in [0, 0.05) is 5.69 Å². The summed E-state index contributed by atoms with van der Waals surface area (Å²) in [6.07, 6.45) is 0. The maximum Gasteiger partial charge on any atom is 0.171 e. The molecule has 2 rings (SSSR count). The number of nitrogens with one attached hydrogen (secondary N) is 2. The number of rotatable bonds is 3. The standard InChI is InChI=1S/C17H19FN2S/c1-11-7-8-14(9-12(11)2)13(3)19-17(21)20-16-6-4-5-15(18)10-16/h4-10,13H,1-3H3,(H2,19,20,21)/t13-/m0/s1. The Labute approximate surface area is 130 Å². The molecule has 0 aliphatic heterocycles. The third kappa shape index (κ3) is 4.26. The molecule has 1 atom stereocenters. The average molecular weight is 302 g/mol. The largest absolute Gasteiger partial charge is 0.356 e. The van der Waals surface area contributed by atoms with Crippen LogP contribution in [0.4, 0.5) is 10.1 Å². The van der Waals surface area contributed by atoms with Crippen molar-refractivity contribution in [3.05, 3.63) is 65.0 Å². The molecule has 0 saturated carbocycles. The van der Waals surface area contributed by atoms with Crippen molar-refractivity contribution >= 4 is 23.0 Å². The maximum atomic E-state index is 13.1. The van der Waals surface area contributed by atoms with Gasteiger partial charge in [-0.3, -0.25) is 0 Å². The van der Waals surface area contributed by atoms with Crippen molar-refractivity contribution in [2.75, 3.05) is 5.32 Å². The minimum Gasteiger partial charge on any atom is -0.356 e. The van der Waals surface area contributed by atoms with Crippen molar-refractivity contribution in [1.29, 1.82) is 0 Å². The predicted molar refractivity (Wildman–Crippen MR) is 90.1 cm³/mol. The molecule has 0 amide bonds. The first-order valence-electron chi connectivity index (χ1n) is 6.86. The number of hydrogen-bond acceptors (Lipinski definition) is 1. The van der Waals surface area contributed by atoms with Gasteiger partial charge in [-0.2, -0.15) is 0 Å². The normalized spacial score (nSPS) is 11.8. The van der Waals surface area contributed by atoms with E-state index in [2.05, 4.69) is 42.7 Å². The number of thiocarbonyl (C=S) groups is 1. The SMILES string of the molecule is Cc1ccc([C@H](C)NC(=S)Nc2cccc(F)c2)cc1C. The molecule has 0 spiro atoms. The van der Waals surface area contributed by atoms with Gasteiger partial charge in [0.25, 0.3) is 0 Å². The molecule has 0 aromatic heterocycles. The molecule has 2 aromatic carbocycles. The van der Waals surface area contributed by atoms with Crippen LogP contribution in [0, 0.1) is 19.7 Å². The lowest BCUT2D eigenvalue weighted by molar-refractivity contribution is 0.628. The van der Waals surface area contributed by atoms with Gasteiger partial charge in [-0.25, -0.2) is 4.39 Å². The summed E-state index contributed by atoms with van der Waals surface area (Å²) in [6, 6.07) is 12.7. The average Bonchev–Trinajstić information content (AvgIpc) is 2.41. The molecule has 21 heavy (non-hydrogen) atoms. The molecule has 0 heterocycles. The van der Waals surface area contributed by atoms with Crippen LogP contribution >= 0.6 is 12.2 Å². The Kier molecular flexibility index (Phi) is 4.91. The van der Waals surface area contributed by atoms with Crippen LogP contribution in [-0.4, -0.2) is 5.11 Å². The summed E-state index contributed by atoms with van der Waals surface area (Å²) >= 11 is 5.27. The van der Waals surface area contributed by atoms with Crippen LogP contribution < -0.4 is 10.6 Å². The highest BCUT2D eigenvalue weighted by Crippen LogP contribution is 2.17. The zero-order valence-corrected chi connectivity index (χ0v) is 13.2. The molecule has 0 aliphatic rings. The predicted octanol–water partition coefficient (Wildman–Crippen LogP) is 4.49. The van der Waals surface area contributed by atoms with Crippen LogP contribution in [0.3, 0.4) is 0 Å². The van der Waals surface area contributed by atoms with Gasteiger partial charge in [0.15, 0.2) is 5.11 Å². The van der Waals surface area contributed by atoms with Gasteiger partial charge < -0.3 is 10.6 Å². The fraction of sp³-hybridized carbons (Fsp3) is 0.235. The minimum absolute atomic E-state index is 0.0814. The van der Waals surface area contributed by atoms with E-state index in [0.717, 1.165) is 0 Å². The van der Waals surface area contributed by atoms with E-state index >= 15 is 0 Å². The molecular weight excluding hydrogens is 283 g/mol. The molecule has 110 valence electrons. The highest BCUT2D eigenvalue weighted by molar-refractivity contribution is 7.80. The summed E-state index contributed by atoms with van der Waals surface area (Å²) in [7, 11) is 0. The summed E-state index contributed by atoms with van der Waals surface area (Å²) in [5.41, 5.74) is 4.33. The topological polar surface area (TPSA) is 24.1 Å². The first kappa shape index (κ1) is 15.4. The second-order valence-electron chi connectivity index (χ2n) is 5.17. The summed E-state index contributed by atoms with van der Waals surface area (Å²) in [4.78, 5) is 0. The number of aryl methyl sites for hydroxylation is 2. The molecule has 2 N–H and O–H groups in total. The molecule has 2 nitrogen and oxygen atoms in total. The van der Waals surface area contributed by atoms with Crippen molar-refractivity contribution in [2.45, 2.75) is 26.8 Å². The van der Waals surface area contributed by atoms with E-state index < -0.39 is 0 Å². The van der Waals surface area contributed by atoms with Crippen molar-refractivity contribution in [1.82, 2.24) is 5.32 Å². The van der Waals surface area contributed by atoms with E-state index in [4.69, 9.17) is 12.2 Å². The molecule has 0 saturated heterocycles. The lowest BCUT2D eigenvalue weighted by Crippen LogP contribution is -2.30. The van der Waals surface area contributed by atoms with Gasteiger partial charge in [-0.05, 0) is 67.9 Å². The van der Waals surface area contributed by atoms with Gasteiger partial charge in [0.1, 0.15) is 5.82 Å². The van der Waals surface area contributed by atoms with Crippen molar-refractivity contribution < 1.29 is 4.39 Å². The van der Waals surface area contributed by atoms with Gasteiger partial charge in [-0.15, -0.1) is 0 Å². The van der Waals surface area contributed by atoms with E-state index in [1.807, 2.05) is 6.92 Å². The Morgan fingerprint density at radius 1 is 1.10 bits per heavy atom. The lowest BCUT2D eigenvalue weighted by atomic mass is 10.0. The Morgan fingerprint density at radius 3 is 2.52 bits per heavy atom.